The lowest BCUT2D eigenvalue weighted by Crippen LogP contribution is -2.21. The number of carbonyl (C=O) groups excluding carboxylic acids is 1. The minimum atomic E-state index is -3.85. The summed E-state index contributed by atoms with van der Waals surface area (Å²) in [7, 11) is 0. The molecule has 2 aromatic rings. The van der Waals surface area contributed by atoms with Gasteiger partial charge in [-0.05, 0) is 46.3 Å². The van der Waals surface area contributed by atoms with Crippen LogP contribution >= 0.6 is 11.6 Å². The number of carbonyl (C=O) groups is 1. The van der Waals surface area contributed by atoms with Gasteiger partial charge in [-0.2, -0.15) is 8.78 Å². The van der Waals surface area contributed by atoms with Crippen molar-refractivity contribution in [3.05, 3.63) is 47.0 Å². The van der Waals surface area contributed by atoms with Crippen molar-refractivity contribution in [2.75, 3.05) is 0 Å². The number of halogens is 3. The van der Waals surface area contributed by atoms with E-state index in [1.54, 1.807) is 18.2 Å². The molecule has 1 nitrogen and oxygen atoms in total. The van der Waals surface area contributed by atoms with Gasteiger partial charge in [0.1, 0.15) is 0 Å². The van der Waals surface area contributed by atoms with Crippen molar-refractivity contribution in [3.8, 4) is 0 Å². The van der Waals surface area contributed by atoms with Gasteiger partial charge in [-0.25, -0.2) is 0 Å². The van der Waals surface area contributed by atoms with E-state index in [-0.39, 0.29) is 5.56 Å². The molecule has 0 aromatic heterocycles. The van der Waals surface area contributed by atoms with Gasteiger partial charge in [-0.1, -0.05) is 30.3 Å². The van der Waals surface area contributed by atoms with Gasteiger partial charge < -0.3 is 0 Å². The van der Waals surface area contributed by atoms with Crippen molar-refractivity contribution in [2.24, 2.45) is 0 Å². The highest BCUT2D eigenvalue weighted by Gasteiger charge is 2.37. The van der Waals surface area contributed by atoms with Crippen LogP contribution in [0.1, 0.15) is 21.5 Å². The van der Waals surface area contributed by atoms with E-state index >= 15 is 0 Å². The number of ketones is 1. The molecule has 0 amide bonds. The first-order chi connectivity index (χ1) is 8.48. The van der Waals surface area contributed by atoms with E-state index < -0.39 is 11.2 Å². The summed E-state index contributed by atoms with van der Waals surface area (Å²) in [6.45, 7) is 0. The molecule has 0 N–H and O–H groups in total. The minimum Gasteiger partial charge on any atom is -0.286 e. The van der Waals surface area contributed by atoms with Crippen LogP contribution in [0.5, 0.6) is 0 Å². The zero-order valence-corrected chi connectivity index (χ0v) is 10.1. The molecule has 0 fully saturated rings. The quantitative estimate of drug-likeness (QED) is 0.594. The van der Waals surface area contributed by atoms with Crippen LogP contribution in [0.4, 0.5) is 8.78 Å². The van der Waals surface area contributed by atoms with Gasteiger partial charge in [-0.3, -0.25) is 4.79 Å². The molecule has 92 valence electrons. The molecule has 0 atom stereocenters. The van der Waals surface area contributed by atoms with Crippen LogP contribution in [-0.2, 0) is 12.8 Å². The van der Waals surface area contributed by atoms with Gasteiger partial charge in [0.25, 0.3) is 0 Å². The fraction of sp³-hybridized carbons (Fsp3) is 0.214. The Morgan fingerprint density at radius 1 is 1.11 bits per heavy atom. The van der Waals surface area contributed by atoms with Gasteiger partial charge in [0.05, 0.1) is 0 Å². The van der Waals surface area contributed by atoms with Gasteiger partial charge in [0, 0.05) is 5.56 Å². The molecule has 0 spiro atoms. The van der Waals surface area contributed by atoms with E-state index in [9.17, 15) is 13.6 Å². The van der Waals surface area contributed by atoms with Crippen LogP contribution in [0.15, 0.2) is 30.3 Å². The summed E-state index contributed by atoms with van der Waals surface area (Å²) in [4.78, 5) is 11.6. The molecule has 0 radical (unpaired) electrons. The molecule has 3 rings (SSSR count). The van der Waals surface area contributed by atoms with Crippen LogP contribution in [-0.4, -0.2) is 11.2 Å². The molecule has 0 bridgehead atoms. The average Bonchev–Trinajstić information content (AvgIpc) is 2.73. The zero-order chi connectivity index (χ0) is 12.9. The largest absolute Gasteiger partial charge is 0.384 e. The Bertz CT molecular complexity index is 648. The van der Waals surface area contributed by atoms with E-state index in [4.69, 9.17) is 11.6 Å². The van der Waals surface area contributed by atoms with Crippen LogP contribution in [0.25, 0.3) is 10.8 Å². The Labute approximate surface area is 107 Å². The van der Waals surface area contributed by atoms with Crippen LogP contribution in [0.3, 0.4) is 0 Å². The Hall–Kier alpha value is -1.48. The molecule has 0 heterocycles. The number of aryl methyl sites for hydroxylation is 2. The van der Waals surface area contributed by atoms with Crippen molar-refractivity contribution in [3.63, 3.8) is 0 Å². The number of rotatable bonds is 2. The van der Waals surface area contributed by atoms with E-state index in [0.717, 1.165) is 29.4 Å². The van der Waals surface area contributed by atoms with Gasteiger partial charge in [0.2, 0.25) is 5.78 Å². The molecule has 0 unspecified atom stereocenters. The summed E-state index contributed by atoms with van der Waals surface area (Å²) in [6, 6.07) is 8.64. The third kappa shape index (κ3) is 1.62. The summed E-state index contributed by atoms with van der Waals surface area (Å²) in [6.07, 6.45) is 1.78. The summed E-state index contributed by atoms with van der Waals surface area (Å²) in [5.41, 5.74) is 2.21. The minimum absolute atomic E-state index is 0.00231. The lowest BCUT2D eigenvalue weighted by molar-refractivity contribution is 0.0538. The summed E-state index contributed by atoms with van der Waals surface area (Å²) in [5.74, 6) is -1.33. The Morgan fingerprint density at radius 3 is 2.44 bits per heavy atom. The zero-order valence-electron chi connectivity index (χ0n) is 9.34. The first kappa shape index (κ1) is 11.6. The standard InChI is InChI=1S/C14H9ClF2O/c15-14(16,17)13(18)11-7-6-9-5-4-8-2-1-3-10(11)12(8)9/h1-3,6-7H,4-5H2. The molecule has 1 aliphatic carbocycles. The fourth-order valence-electron chi connectivity index (χ4n) is 2.60. The van der Waals surface area contributed by atoms with E-state index in [1.807, 2.05) is 6.07 Å². The molecule has 2 aromatic carbocycles. The third-order valence-electron chi connectivity index (χ3n) is 3.38. The van der Waals surface area contributed by atoms with Gasteiger partial charge in [0.15, 0.2) is 0 Å². The van der Waals surface area contributed by atoms with Crippen molar-refractivity contribution in [1.82, 2.24) is 0 Å². The molecule has 0 saturated heterocycles. The number of hydrogen-bond donors (Lipinski definition) is 0. The molecule has 0 aliphatic heterocycles. The Kier molecular flexibility index (Phi) is 2.42. The Balaban J connectivity index is 2.31. The van der Waals surface area contributed by atoms with Gasteiger partial charge >= 0.3 is 5.38 Å². The summed E-state index contributed by atoms with van der Waals surface area (Å²) >= 11 is 4.83. The second-order valence-corrected chi connectivity index (χ2v) is 4.91. The first-order valence-electron chi connectivity index (χ1n) is 5.63. The topological polar surface area (TPSA) is 17.1 Å². The lowest BCUT2D eigenvalue weighted by atomic mass is 9.97. The number of alkyl halides is 3. The first-order valence-corrected chi connectivity index (χ1v) is 6.01. The fourth-order valence-corrected chi connectivity index (χ4v) is 2.70. The van der Waals surface area contributed by atoms with Crippen molar-refractivity contribution >= 4 is 28.2 Å². The van der Waals surface area contributed by atoms with Crippen molar-refractivity contribution < 1.29 is 13.6 Å². The molecular weight excluding hydrogens is 258 g/mol. The van der Waals surface area contributed by atoms with Crippen LogP contribution in [0.2, 0.25) is 0 Å². The van der Waals surface area contributed by atoms with Crippen LogP contribution in [0, 0.1) is 0 Å². The maximum atomic E-state index is 13.0. The van der Waals surface area contributed by atoms with E-state index in [0.29, 0.717) is 5.39 Å². The second-order valence-electron chi connectivity index (χ2n) is 4.44. The van der Waals surface area contributed by atoms with E-state index in [1.165, 1.54) is 6.07 Å². The molecular formula is C14H9ClF2O. The predicted molar refractivity (Wildman–Crippen MR) is 66.5 cm³/mol. The van der Waals surface area contributed by atoms with Crippen LogP contribution < -0.4 is 0 Å². The summed E-state index contributed by atoms with van der Waals surface area (Å²) in [5, 5.41) is -2.34. The molecule has 1 aliphatic rings. The smallest absolute Gasteiger partial charge is 0.286 e. The van der Waals surface area contributed by atoms with E-state index in [2.05, 4.69) is 0 Å². The monoisotopic (exact) mass is 266 g/mol. The SMILES string of the molecule is O=C(c1ccc2c3c(cccc13)CC2)C(F)(F)Cl. The number of hydrogen-bond acceptors (Lipinski definition) is 1. The van der Waals surface area contributed by atoms with Crippen molar-refractivity contribution in [1.29, 1.82) is 0 Å². The maximum absolute atomic E-state index is 13.0. The lowest BCUT2D eigenvalue weighted by Gasteiger charge is -2.10. The normalized spacial score (nSPS) is 14.2. The maximum Gasteiger partial charge on any atom is 0.384 e. The van der Waals surface area contributed by atoms with Gasteiger partial charge in [-0.15, -0.1) is 0 Å². The van der Waals surface area contributed by atoms with Crippen molar-refractivity contribution in [2.45, 2.75) is 18.2 Å². The molecule has 4 heteroatoms. The molecule has 18 heavy (non-hydrogen) atoms. The molecule has 0 saturated carbocycles. The predicted octanol–water partition coefficient (Wildman–Crippen LogP) is 3.95. The third-order valence-corrected chi connectivity index (χ3v) is 3.55. The Morgan fingerprint density at radius 2 is 1.78 bits per heavy atom. The highest BCUT2D eigenvalue weighted by Crippen LogP contribution is 2.35. The average molecular weight is 267 g/mol. The summed E-state index contributed by atoms with van der Waals surface area (Å²) < 4.78 is 25.9. The second kappa shape index (κ2) is 3.75. The number of benzene rings is 2. The highest BCUT2D eigenvalue weighted by atomic mass is 35.5. The number of Topliss-reactive ketones (excluding diaryl/α,β-unsaturated/α-hetero) is 1. The highest BCUT2D eigenvalue weighted by molar-refractivity contribution is 6.36.